The van der Waals surface area contributed by atoms with Gasteiger partial charge in [-0.1, -0.05) is 39.0 Å². The molecule has 0 saturated carbocycles. The number of carboxylic acid groups (broad SMARTS) is 1. The zero-order valence-electron chi connectivity index (χ0n) is 12.6. The molecule has 1 aromatic carbocycles. The molecule has 0 radical (unpaired) electrons. The minimum absolute atomic E-state index is 0.0869. The molecule has 0 bridgehead atoms. The van der Waals surface area contributed by atoms with Crippen LogP contribution >= 0.6 is 0 Å². The van der Waals surface area contributed by atoms with E-state index in [1.54, 1.807) is 12.1 Å². The van der Waals surface area contributed by atoms with E-state index in [0.717, 1.165) is 5.56 Å². The number of carbonyl (C=O) groups excluding carboxylic acids is 1. The summed E-state index contributed by atoms with van der Waals surface area (Å²) in [6.45, 7) is 7.99. The number of aliphatic carboxylic acids is 1. The topological polar surface area (TPSA) is 66.4 Å². The zero-order valence-corrected chi connectivity index (χ0v) is 12.6. The Hall–Kier alpha value is -1.84. The van der Waals surface area contributed by atoms with Crippen LogP contribution in [0.5, 0.6) is 0 Å². The number of nitrogens with one attached hydrogen (secondary N) is 1. The van der Waals surface area contributed by atoms with Crippen LogP contribution in [-0.4, -0.2) is 23.5 Å². The number of hydrogen-bond donors (Lipinski definition) is 2. The highest BCUT2D eigenvalue weighted by molar-refractivity contribution is 5.95. The third kappa shape index (κ3) is 5.03. The van der Waals surface area contributed by atoms with E-state index in [-0.39, 0.29) is 17.9 Å². The van der Waals surface area contributed by atoms with Crippen LogP contribution in [0.2, 0.25) is 0 Å². The second-order valence-corrected chi connectivity index (χ2v) is 6.32. The van der Waals surface area contributed by atoms with Crippen molar-refractivity contribution in [3.05, 3.63) is 35.4 Å². The highest BCUT2D eigenvalue weighted by Gasteiger charge is 2.25. The molecule has 0 aliphatic rings. The summed E-state index contributed by atoms with van der Waals surface area (Å²) in [6, 6.07) is 7.26. The fourth-order valence-corrected chi connectivity index (χ4v) is 2.12. The molecule has 1 unspecified atom stereocenters. The van der Waals surface area contributed by atoms with Crippen LogP contribution in [0.15, 0.2) is 24.3 Å². The van der Waals surface area contributed by atoms with Crippen molar-refractivity contribution in [2.75, 3.05) is 6.54 Å². The van der Waals surface area contributed by atoms with E-state index in [1.165, 1.54) is 0 Å². The summed E-state index contributed by atoms with van der Waals surface area (Å²) in [6.07, 6.45) is 0.524. The highest BCUT2D eigenvalue weighted by Crippen LogP contribution is 2.24. The summed E-state index contributed by atoms with van der Waals surface area (Å²) in [5.74, 6) is -1.66. The third-order valence-corrected chi connectivity index (χ3v) is 3.11. The first-order valence-corrected chi connectivity index (χ1v) is 6.77. The number of carbonyl (C=O) groups is 2. The number of amides is 1. The predicted octanol–water partition coefficient (Wildman–Crippen LogP) is 2.86. The van der Waals surface area contributed by atoms with Crippen LogP contribution in [0.4, 0.5) is 0 Å². The van der Waals surface area contributed by atoms with E-state index in [0.29, 0.717) is 12.0 Å². The van der Waals surface area contributed by atoms with Gasteiger partial charge in [0, 0.05) is 12.1 Å². The van der Waals surface area contributed by atoms with Gasteiger partial charge in [-0.25, -0.2) is 0 Å². The van der Waals surface area contributed by atoms with Crippen LogP contribution in [0.25, 0.3) is 0 Å². The second-order valence-electron chi connectivity index (χ2n) is 6.32. The van der Waals surface area contributed by atoms with Crippen LogP contribution in [0.3, 0.4) is 0 Å². The SMILES string of the molecule is Cc1ccccc1C(=O)NCC(CC(C)(C)C)C(=O)O. The molecule has 0 heterocycles. The summed E-state index contributed by atoms with van der Waals surface area (Å²) in [5, 5.41) is 11.9. The lowest BCUT2D eigenvalue weighted by atomic mass is 9.84. The number of benzene rings is 1. The monoisotopic (exact) mass is 277 g/mol. The molecule has 0 spiro atoms. The van der Waals surface area contributed by atoms with Gasteiger partial charge in [-0.3, -0.25) is 9.59 Å². The Bertz CT molecular complexity index is 489. The van der Waals surface area contributed by atoms with Gasteiger partial charge in [0.15, 0.2) is 0 Å². The van der Waals surface area contributed by atoms with E-state index in [2.05, 4.69) is 5.32 Å². The molecule has 4 nitrogen and oxygen atoms in total. The van der Waals surface area contributed by atoms with E-state index in [1.807, 2.05) is 39.8 Å². The Kier molecular flexibility index (Phi) is 5.31. The van der Waals surface area contributed by atoms with Gasteiger partial charge in [-0.2, -0.15) is 0 Å². The van der Waals surface area contributed by atoms with Crippen LogP contribution in [0.1, 0.15) is 43.1 Å². The molecule has 0 aromatic heterocycles. The molecule has 20 heavy (non-hydrogen) atoms. The van der Waals surface area contributed by atoms with E-state index < -0.39 is 11.9 Å². The van der Waals surface area contributed by atoms with Gasteiger partial charge in [0.1, 0.15) is 0 Å². The van der Waals surface area contributed by atoms with Gasteiger partial charge in [-0.05, 0) is 30.4 Å². The molecule has 4 heteroatoms. The van der Waals surface area contributed by atoms with Crippen molar-refractivity contribution in [2.24, 2.45) is 11.3 Å². The number of rotatable bonds is 5. The molecule has 0 saturated heterocycles. The maximum absolute atomic E-state index is 12.1. The smallest absolute Gasteiger partial charge is 0.308 e. The van der Waals surface area contributed by atoms with Crippen molar-refractivity contribution in [1.82, 2.24) is 5.32 Å². The van der Waals surface area contributed by atoms with Gasteiger partial charge >= 0.3 is 5.97 Å². The van der Waals surface area contributed by atoms with Gasteiger partial charge in [0.25, 0.3) is 5.91 Å². The van der Waals surface area contributed by atoms with Crippen molar-refractivity contribution >= 4 is 11.9 Å². The maximum Gasteiger partial charge on any atom is 0.308 e. The van der Waals surface area contributed by atoms with Gasteiger partial charge in [0.2, 0.25) is 0 Å². The summed E-state index contributed by atoms with van der Waals surface area (Å²) < 4.78 is 0. The van der Waals surface area contributed by atoms with Crippen molar-refractivity contribution in [3.63, 3.8) is 0 Å². The number of hydrogen-bond acceptors (Lipinski definition) is 2. The van der Waals surface area contributed by atoms with Crippen molar-refractivity contribution in [1.29, 1.82) is 0 Å². The largest absolute Gasteiger partial charge is 0.481 e. The number of carboxylic acids is 1. The van der Waals surface area contributed by atoms with Gasteiger partial charge in [0.05, 0.1) is 5.92 Å². The standard InChI is InChI=1S/C16H23NO3/c1-11-7-5-6-8-13(11)14(18)17-10-12(15(19)20)9-16(2,3)4/h5-8,12H,9-10H2,1-4H3,(H,17,18)(H,19,20). The van der Waals surface area contributed by atoms with Crippen molar-refractivity contribution < 1.29 is 14.7 Å². The fourth-order valence-electron chi connectivity index (χ4n) is 2.12. The first kappa shape index (κ1) is 16.2. The van der Waals surface area contributed by atoms with E-state index >= 15 is 0 Å². The number of aryl methyl sites for hydroxylation is 1. The minimum Gasteiger partial charge on any atom is -0.481 e. The first-order valence-electron chi connectivity index (χ1n) is 6.77. The summed E-state index contributed by atoms with van der Waals surface area (Å²) >= 11 is 0. The summed E-state index contributed by atoms with van der Waals surface area (Å²) in [7, 11) is 0. The molecule has 0 aliphatic carbocycles. The maximum atomic E-state index is 12.1. The fraction of sp³-hybridized carbons (Fsp3) is 0.500. The van der Waals surface area contributed by atoms with Crippen LogP contribution in [0, 0.1) is 18.3 Å². The lowest BCUT2D eigenvalue weighted by molar-refractivity contribution is -0.142. The van der Waals surface area contributed by atoms with Crippen LogP contribution in [-0.2, 0) is 4.79 Å². The normalized spacial score (nSPS) is 12.8. The minimum atomic E-state index is -0.870. The molecule has 1 rings (SSSR count). The lowest BCUT2D eigenvalue weighted by Gasteiger charge is -2.23. The molecule has 0 aliphatic heterocycles. The average molecular weight is 277 g/mol. The van der Waals surface area contributed by atoms with E-state index in [9.17, 15) is 14.7 Å². The Morgan fingerprint density at radius 3 is 2.35 bits per heavy atom. The molecular formula is C16H23NO3. The van der Waals surface area contributed by atoms with Gasteiger partial charge < -0.3 is 10.4 Å². The molecule has 1 aromatic rings. The quantitative estimate of drug-likeness (QED) is 0.869. The molecule has 1 atom stereocenters. The predicted molar refractivity (Wildman–Crippen MR) is 78.7 cm³/mol. The van der Waals surface area contributed by atoms with Crippen molar-refractivity contribution in [2.45, 2.75) is 34.1 Å². The summed E-state index contributed by atoms with van der Waals surface area (Å²) in [4.78, 5) is 23.3. The molecular weight excluding hydrogens is 254 g/mol. The lowest BCUT2D eigenvalue weighted by Crippen LogP contribution is -2.35. The van der Waals surface area contributed by atoms with Crippen LogP contribution < -0.4 is 5.32 Å². The Morgan fingerprint density at radius 1 is 1.25 bits per heavy atom. The molecule has 0 fully saturated rings. The van der Waals surface area contributed by atoms with Gasteiger partial charge in [-0.15, -0.1) is 0 Å². The molecule has 2 N–H and O–H groups in total. The summed E-state index contributed by atoms with van der Waals surface area (Å²) in [5.41, 5.74) is 1.39. The highest BCUT2D eigenvalue weighted by atomic mass is 16.4. The Morgan fingerprint density at radius 2 is 1.85 bits per heavy atom. The van der Waals surface area contributed by atoms with E-state index in [4.69, 9.17) is 0 Å². The zero-order chi connectivity index (χ0) is 15.3. The second kappa shape index (κ2) is 6.55. The third-order valence-electron chi connectivity index (χ3n) is 3.11. The Balaban J connectivity index is 2.67. The average Bonchev–Trinajstić information content (AvgIpc) is 2.33. The molecule has 1 amide bonds. The first-order chi connectivity index (χ1) is 9.20. The van der Waals surface area contributed by atoms with Crippen molar-refractivity contribution in [3.8, 4) is 0 Å². The molecule has 110 valence electrons. The Labute approximate surface area is 120 Å².